The van der Waals surface area contributed by atoms with E-state index in [1.807, 2.05) is 6.07 Å². The molecular formula is C25H25NO. The quantitative estimate of drug-likeness (QED) is 0.504. The van der Waals surface area contributed by atoms with E-state index in [2.05, 4.69) is 86.8 Å². The lowest BCUT2D eigenvalue weighted by molar-refractivity contribution is 0.593. The highest BCUT2D eigenvalue weighted by molar-refractivity contribution is 5.93. The molecule has 1 aromatic heterocycles. The van der Waals surface area contributed by atoms with Crippen molar-refractivity contribution in [2.24, 2.45) is 0 Å². The molecule has 0 bridgehead atoms. The summed E-state index contributed by atoms with van der Waals surface area (Å²) < 4.78 is 6.19. The van der Waals surface area contributed by atoms with E-state index in [4.69, 9.17) is 4.42 Å². The van der Waals surface area contributed by atoms with Gasteiger partial charge in [0.1, 0.15) is 11.3 Å². The molecule has 1 N–H and O–H groups in total. The average molecular weight is 355 g/mol. The Morgan fingerprint density at radius 1 is 1.04 bits per heavy atom. The smallest absolute Gasteiger partial charge is 0.140 e. The second-order valence-corrected chi connectivity index (χ2v) is 7.32. The Balaban J connectivity index is 1.76. The first-order valence-electron chi connectivity index (χ1n) is 9.52. The van der Waals surface area contributed by atoms with E-state index in [0.29, 0.717) is 0 Å². The number of hydrogen-bond donors (Lipinski definition) is 1. The molecule has 1 aliphatic rings. The van der Waals surface area contributed by atoms with Crippen LogP contribution in [0.3, 0.4) is 0 Å². The van der Waals surface area contributed by atoms with E-state index in [0.717, 1.165) is 46.7 Å². The molecule has 0 saturated heterocycles. The first-order chi connectivity index (χ1) is 13.1. The summed E-state index contributed by atoms with van der Waals surface area (Å²) in [5.41, 5.74) is 8.07. The van der Waals surface area contributed by atoms with Gasteiger partial charge in [-0.05, 0) is 63.5 Å². The molecule has 3 aromatic rings. The number of rotatable bonds is 4. The largest absolute Gasteiger partial charge is 0.456 e. The molecule has 2 nitrogen and oxygen atoms in total. The van der Waals surface area contributed by atoms with Crippen LogP contribution in [-0.4, -0.2) is 0 Å². The van der Waals surface area contributed by atoms with Gasteiger partial charge in [-0.25, -0.2) is 0 Å². The Labute approximate surface area is 160 Å². The number of fused-ring (bicyclic) bond motifs is 3. The van der Waals surface area contributed by atoms with Gasteiger partial charge < -0.3 is 9.73 Å². The molecule has 2 heteroatoms. The van der Waals surface area contributed by atoms with Crippen molar-refractivity contribution in [1.29, 1.82) is 0 Å². The van der Waals surface area contributed by atoms with Crippen LogP contribution >= 0.6 is 0 Å². The minimum absolute atomic E-state index is 0.992. The molecule has 0 saturated carbocycles. The number of furan rings is 1. The van der Waals surface area contributed by atoms with Gasteiger partial charge in [0.05, 0.1) is 0 Å². The third-order valence-corrected chi connectivity index (χ3v) is 5.01. The van der Waals surface area contributed by atoms with Crippen molar-refractivity contribution >= 4 is 28.4 Å². The Kier molecular flexibility index (Phi) is 4.72. The molecule has 1 aliphatic carbocycles. The number of allylic oxidation sites excluding steroid dienone is 4. The van der Waals surface area contributed by atoms with E-state index < -0.39 is 0 Å². The summed E-state index contributed by atoms with van der Waals surface area (Å²) in [6.45, 7) is 6.35. The first kappa shape index (κ1) is 17.4. The lowest BCUT2D eigenvalue weighted by Gasteiger charge is -2.14. The maximum absolute atomic E-state index is 6.19. The van der Waals surface area contributed by atoms with Gasteiger partial charge in [-0.15, -0.1) is 0 Å². The molecule has 1 heterocycles. The van der Waals surface area contributed by atoms with Crippen molar-refractivity contribution in [3.8, 4) is 0 Å². The summed E-state index contributed by atoms with van der Waals surface area (Å²) >= 11 is 0. The van der Waals surface area contributed by atoms with E-state index in [-0.39, 0.29) is 0 Å². The van der Waals surface area contributed by atoms with E-state index >= 15 is 0 Å². The predicted molar refractivity (Wildman–Crippen MR) is 116 cm³/mol. The maximum Gasteiger partial charge on any atom is 0.140 e. The zero-order valence-corrected chi connectivity index (χ0v) is 16.2. The Bertz CT molecular complexity index is 1060. The molecule has 0 unspecified atom stereocenters. The van der Waals surface area contributed by atoms with Gasteiger partial charge in [-0.3, -0.25) is 0 Å². The maximum atomic E-state index is 6.19. The molecule has 0 atom stereocenters. The van der Waals surface area contributed by atoms with Crippen LogP contribution in [0.4, 0.5) is 5.69 Å². The van der Waals surface area contributed by atoms with Gasteiger partial charge in [-0.2, -0.15) is 0 Å². The molecule has 0 aliphatic heterocycles. The highest BCUT2D eigenvalue weighted by Crippen LogP contribution is 2.36. The third kappa shape index (κ3) is 3.48. The van der Waals surface area contributed by atoms with Crippen LogP contribution in [0.1, 0.15) is 42.7 Å². The first-order valence-corrected chi connectivity index (χ1v) is 9.52. The summed E-state index contributed by atoms with van der Waals surface area (Å²) in [6, 6.07) is 14.8. The second-order valence-electron chi connectivity index (χ2n) is 7.32. The van der Waals surface area contributed by atoms with Gasteiger partial charge in [-0.1, -0.05) is 48.1 Å². The molecule has 0 spiro atoms. The van der Waals surface area contributed by atoms with Crippen molar-refractivity contribution in [3.63, 3.8) is 0 Å². The summed E-state index contributed by atoms with van der Waals surface area (Å²) in [4.78, 5) is 0. The van der Waals surface area contributed by atoms with Crippen LogP contribution in [-0.2, 0) is 6.42 Å². The van der Waals surface area contributed by atoms with Crippen molar-refractivity contribution in [3.05, 3.63) is 88.7 Å². The Morgan fingerprint density at radius 3 is 2.63 bits per heavy atom. The van der Waals surface area contributed by atoms with Crippen molar-refractivity contribution < 1.29 is 4.42 Å². The van der Waals surface area contributed by atoms with Crippen LogP contribution < -0.4 is 5.32 Å². The molecular weight excluding hydrogens is 330 g/mol. The molecule has 0 fully saturated rings. The molecule has 0 amide bonds. The van der Waals surface area contributed by atoms with Crippen molar-refractivity contribution in [2.75, 3.05) is 5.32 Å². The van der Waals surface area contributed by atoms with Crippen LogP contribution in [0, 0.1) is 6.92 Å². The molecule has 4 rings (SSSR count). The fourth-order valence-corrected chi connectivity index (χ4v) is 3.53. The SMILES string of the molecule is CC(C)=C/C=C(\Nc1ccc2c3c(oc2c1C)C=CCC3)c1ccccc1. The third-order valence-electron chi connectivity index (χ3n) is 5.01. The van der Waals surface area contributed by atoms with Gasteiger partial charge >= 0.3 is 0 Å². The van der Waals surface area contributed by atoms with Gasteiger partial charge in [0, 0.05) is 27.9 Å². The van der Waals surface area contributed by atoms with E-state index in [1.165, 1.54) is 16.5 Å². The van der Waals surface area contributed by atoms with Crippen molar-refractivity contribution in [1.82, 2.24) is 0 Å². The zero-order valence-electron chi connectivity index (χ0n) is 16.2. The summed E-state index contributed by atoms with van der Waals surface area (Å²) in [5.74, 6) is 1.01. The highest BCUT2D eigenvalue weighted by atomic mass is 16.3. The number of anilines is 1. The fraction of sp³-hybridized carbons (Fsp3) is 0.200. The van der Waals surface area contributed by atoms with E-state index in [1.54, 1.807) is 0 Å². The van der Waals surface area contributed by atoms with Crippen LogP contribution in [0.5, 0.6) is 0 Å². The molecule has 27 heavy (non-hydrogen) atoms. The minimum Gasteiger partial charge on any atom is -0.456 e. The topological polar surface area (TPSA) is 25.2 Å². The monoisotopic (exact) mass is 355 g/mol. The average Bonchev–Trinajstić information content (AvgIpc) is 3.07. The van der Waals surface area contributed by atoms with Gasteiger partial charge in [0.15, 0.2) is 0 Å². The normalized spacial score (nSPS) is 13.5. The lowest BCUT2D eigenvalue weighted by Crippen LogP contribution is -2.00. The Hall–Kier alpha value is -3.00. The van der Waals surface area contributed by atoms with Crippen LogP contribution in [0.25, 0.3) is 22.7 Å². The summed E-state index contributed by atoms with van der Waals surface area (Å²) in [5, 5.41) is 4.87. The number of benzene rings is 2. The van der Waals surface area contributed by atoms with Gasteiger partial charge in [0.2, 0.25) is 0 Å². The van der Waals surface area contributed by atoms with E-state index in [9.17, 15) is 0 Å². The fourth-order valence-electron chi connectivity index (χ4n) is 3.53. The van der Waals surface area contributed by atoms with Crippen LogP contribution in [0.2, 0.25) is 0 Å². The second kappa shape index (κ2) is 7.32. The number of nitrogens with one attached hydrogen (secondary N) is 1. The van der Waals surface area contributed by atoms with Crippen molar-refractivity contribution in [2.45, 2.75) is 33.6 Å². The van der Waals surface area contributed by atoms with Gasteiger partial charge in [0.25, 0.3) is 0 Å². The summed E-state index contributed by atoms with van der Waals surface area (Å²) in [7, 11) is 0. The minimum atomic E-state index is 0.992. The molecule has 136 valence electrons. The summed E-state index contributed by atoms with van der Waals surface area (Å²) in [6.07, 6.45) is 10.7. The zero-order chi connectivity index (χ0) is 18.8. The number of aryl methyl sites for hydroxylation is 2. The standard InChI is InChI=1S/C25H25NO/c1-17(2)13-15-23(19-9-5-4-6-10-19)26-22-16-14-21-20-11-7-8-12-24(20)27-25(21)18(22)3/h4-6,8-10,12-16,26H,7,11H2,1-3H3/b23-15-. The predicted octanol–water partition coefficient (Wildman–Crippen LogP) is 7.12. The number of hydrogen-bond acceptors (Lipinski definition) is 2. The molecule has 0 radical (unpaired) electrons. The highest BCUT2D eigenvalue weighted by Gasteiger charge is 2.17. The van der Waals surface area contributed by atoms with Crippen LogP contribution in [0.15, 0.2) is 70.7 Å². The lowest BCUT2D eigenvalue weighted by atomic mass is 9.99. The molecule has 2 aromatic carbocycles. The Morgan fingerprint density at radius 2 is 1.85 bits per heavy atom.